The Balaban J connectivity index is 1.66. The zero-order chi connectivity index (χ0) is 21.3. The molecule has 0 amide bonds. The minimum Gasteiger partial charge on any atom is -0.486 e. The molecule has 6 nitrogen and oxygen atoms in total. The molecule has 1 aromatic heterocycles. The van der Waals surface area contributed by atoms with Crippen molar-refractivity contribution in [2.45, 2.75) is 18.9 Å². The smallest absolute Gasteiger partial charge is 0.317 e. The third kappa shape index (κ3) is 6.38. The van der Waals surface area contributed by atoms with Crippen LogP contribution >= 0.6 is 22.9 Å². The lowest BCUT2D eigenvalue weighted by atomic mass is 10.0. The quantitative estimate of drug-likeness (QED) is 0.332. The monoisotopic (exact) mass is 444 g/mol. The van der Waals surface area contributed by atoms with Crippen LogP contribution in [0.5, 0.6) is 5.75 Å². The predicted octanol–water partition coefficient (Wildman–Crippen LogP) is 4.60. The highest BCUT2D eigenvalue weighted by molar-refractivity contribution is 7.11. The summed E-state index contributed by atoms with van der Waals surface area (Å²) in [5, 5.41) is 14.5. The second-order valence-corrected chi connectivity index (χ2v) is 7.89. The van der Waals surface area contributed by atoms with Crippen LogP contribution in [0.15, 0.2) is 60.1 Å². The zero-order valence-corrected chi connectivity index (χ0v) is 17.7. The first-order valence-electron chi connectivity index (χ1n) is 9.42. The van der Waals surface area contributed by atoms with E-state index in [9.17, 15) is 9.59 Å². The summed E-state index contributed by atoms with van der Waals surface area (Å²) >= 11 is 7.31. The molecule has 1 heterocycles. The molecule has 30 heavy (non-hydrogen) atoms. The van der Waals surface area contributed by atoms with Crippen molar-refractivity contribution in [1.82, 2.24) is 10.3 Å². The van der Waals surface area contributed by atoms with Gasteiger partial charge in [0, 0.05) is 22.2 Å². The average molecular weight is 445 g/mol. The van der Waals surface area contributed by atoms with E-state index in [1.165, 1.54) is 11.3 Å². The molecule has 2 aromatic carbocycles. The first-order valence-corrected chi connectivity index (χ1v) is 10.7. The van der Waals surface area contributed by atoms with Crippen molar-refractivity contribution in [1.29, 1.82) is 0 Å². The number of benzene rings is 2. The standard InChI is InChI=1S/C22H21ClN2O4S/c23-17-7-3-15(4-8-17)19(2-1-11-24-14-20(26)27)29-18-9-5-16(6-10-18)21(28)22-25-12-13-30-22/h3-10,12-13,19,24H,1-2,11,14H2,(H,26,27). The van der Waals surface area contributed by atoms with Crippen LogP contribution in [0.4, 0.5) is 0 Å². The van der Waals surface area contributed by atoms with E-state index in [2.05, 4.69) is 10.3 Å². The second-order valence-electron chi connectivity index (χ2n) is 6.56. The number of nitrogens with zero attached hydrogens (tertiary/aromatic N) is 1. The van der Waals surface area contributed by atoms with Gasteiger partial charge in [-0.3, -0.25) is 9.59 Å². The minimum absolute atomic E-state index is 0.0684. The van der Waals surface area contributed by atoms with Gasteiger partial charge in [-0.05, 0) is 61.3 Å². The number of ketones is 1. The Kier molecular flexibility index (Phi) is 7.96. The largest absolute Gasteiger partial charge is 0.486 e. The molecule has 0 fully saturated rings. The number of carboxylic acid groups (broad SMARTS) is 1. The van der Waals surface area contributed by atoms with Crippen LogP contribution in [-0.4, -0.2) is 34.9 Å². The van der Waals surface area contributed by atoms with Gasteiger partial charge in [-0.25, -0.2) is 4.98 Å². The van der Waals surface area contributed by atoms with Crippen LogP contribution in [-0.2, 0) is 4.79 Å². The fraction of sp³-hybridized carbons (Fsp3) is 0.227. The molecule has 0 bridgehead atoms. The molecule has 0 saturated carbocycles. The van der Waals surface area contributed by atoms with Crippen LogP contribution in [0.1, 0.15) is 39.9 Å². The van der Waals surface area contributed by atoms with Crippen LogP contribution in [0.2, 0.25) is 5.02 Å². The van der Waals surface area contributed by atoms with E-state index in [-0.39, 0.29) is 18.4 Å². The minimum atomic E-state index is -0.882. The number of aliphatic carboxylic acids is 1. The Hall–Kier alpha value is -2.74. The van der Waals surface area contributed by atoms with E-state index >= 15 is 0 Å². The molecule has 1 unspecified atom stereocenters. The third-order valence-electron chi connectivity index (χ3n) is 4.36. The van der Waals surface area contributed by atoms with E-state index in [4.69, 9.17) is 21.4 Å². The van der Waals surface area contributed by atoms with Crippen molar-refractivity contribution in [3.8, 4) is 5.75 Å². The summed E-state index contributed by atoms with van der Waals surface area (Å²) < 4.78 is 6.18. The van der Waals surface area contributed by atoms with Gasteiger partial charge < -0.3 is 15.2 Å². The molecule has 1 atom stereocenters. The molecule has 3 aromatic rings. The summed E-state index contributed by atoms with van der Waals surface area (Å²) in [7, 11) is 0. The molecule has 0 saturated heterocycles. The summed E-state index contributed by atoms with van der Waals surface area (Å²) in [6.07, 6.45) is 2.81. The van der Waals surface area contributed by atoms with E-state index in [0.29, 0.717) is 34.3 Å². The van der Waals surface area contributed by atoms with Gasteiger partial charge in [0.15, 0.2) is 5.01 Å². The molecule has 8 heteroatoms. The van der Waals surface area contributed by atoms with E-state index in [1.54, 1.807) is 35.8 Å². The second kappa shape index (κ2) is 10.9. The van der Waals surface area contributed by atoms with Gasteiger partial charge in [-0.15, -0.1) is 11.3 Å². The maximum atomic E-state index is 12.4. The van der Waals surface area contributed by atoms with Gasteiger partial charge in [0.1, 0.15) is 11.9 Å². The SMILES string of the molecule is O=C(O)CNCCCC(Oc1ccc(C(=O)c2nccs2)cc1)c1ccc(Cl)cc1. The first-order chi connectivity index (χ1) is 14.5. The van der Waals surface area contributed by atoms with E-state index in [0.717, 1.165) is 12.0 Å². The molecule has 0 aliphatic rings. The fourth-order valence-corrected chi connectivity index (χ4v) is 3.61. The summed E-state index contributed by atoms with van der Waals surface area (Å²) in [5.41, 5.74) is 1.53. The first kappa shape index (κ1) is 22.0. The molecule has 0 aliphatic heterocycles. The lowest BCUT2D eigenvalue weighted by Gasteiger charge is -2.20. The number of aromatic nitrogens is 1. The Morgan fingerprint density at radius 2 is 1.87 bits per heavy atom. The molecular weight excluding hydrogens is 424 g/mol. The molecule has 3 rings (SSSR count). The van der Waals surface area contributed by atoms with E-state index in [1.807, 2.05) is 24.3 Å². The van der Waals surface area contributed by atoms with Crippen molar-refractivity contribution < 1.29 is 19.4 Å². The van der Waals surface area contributed by atoms with Crippen molar-refractivity contribution in [3.63, 3.8) is 0 Å². The van der Waals surface area contributed by atoms with Crippen LogP contribution in [0.25, 0.3) is 0 Å². The highest BCUT2D eigenvalue weighted by Crippen LogP contribution is 2.27. The number of carbonyl (C=O) groups is 2. The lowest BCUT2D eigenvalue weighted by molar-refractivity contribution is -0.135. The number of carbonyl (C=O) groups excluding carboxylic acids is 1. The summed E-state index contributed by atoms with van der Waals surface area (Å²) in [6, 6.07) is 14.4. The van der Waals surface area contributed by atoms with Crippen molar-refractivity contribution >= 4 is 34.7 Å². The highest BCUT2D eigenvalue weighted by atomic mass is 35.5. The number of rotatable bonds is 11. The van der Waals surface area contributed by atoms with Gasteiger partial charge in [-0.1, -0.05) is 23.7 Å². The number of hydrogen-bond donors (Lipinski definition) is 2. The number of thiazole rings is 1. The third-order valence-corrected chi connectivity index (χ3v) is 5.38. The van der Waals surface area contributed by atoms with Crippen molar-refractivity contribution in [2.75, 3.05) is 13.1 Å². The molecule has 156 valence electrons. The maximum absolute atomic E-state index is 12.4. The van der Waals surface area contributed by atoms with Gasteiger partial charge in [0.25, 0.3) is 0 Å². The van der Waals surface area contributed by atoms with Crippen LogP contribution in [0.3, 0.4) is 0 Å². The van der Waals surface area contributed by atoms with Crippen molar-refractivity contribution in [3.05, 3.63) is 81.3 Å². The fourth-order valence-electron chi connectivity index (χ4n) is 2.89. The van der Waals surface area contributed by atoms with E-state index < -0.39 is 5.97 Å². The van der Waals surface area contributed by atoms with Gasteiger partial charge >= 0.3 is 5.97 Å². The Morgan fingerprint density at radius 1 is 1.13 bits per heavy atom. The van der Waals surface area contributed by atoms with Gasteiger partial charge in [-0.2, -0.15) is 0 Å². The van der Waals surface area contributed by atoms with Crippen molar-refractivity contribution in [2.24, 2.45) is 0 Å². The molecule has 0 aliphatic carbocycles. The van der Waals surface area contributed by atoms with Gasteiger partial charge in [0.2, 0.25) is 5.78 Å². The van der Waals surface area contributed by atoms with Crippen LogP contribution < -0.4 is 10.1 Å². The van der Waals surface area contributed by atoms with Gasteiger partial charge in [0.05, 0.1) is 6.54 Å². The average Bonchev–Trinajstić information content (AvgIpc) is 3.28. The normalized spacial score (nSPS) is 11.8. The molecular formula is C22H21ClN2O4S. The number of ether oxygens (including phenoxy) is 1. The number of carboxylic acids is 1. The summed E-state index contributed by atoms with van der Waals surface area (Å²) in [5.74, 6) is -0.354. The summed E-state index contributed by atoms with van der Waals surface area (Å²) in [6.45, 7) is 0.502. The summed E-state index contributed by atoms with van der Waals surface area (Å²) in [4.78, 5) is 27.1. The lowest BCUT2D eigenvalue weighted by Crippen LogP contribution is -2.24. The Bertz CT molecular complexity index is 960. The maximum Gasteiger partial charge on any atom is 0.317 e. The number of halogens is 1. The number of hydrogen-bond acceptors (Lipinski definition) is 6. The van der Waals surface area contributed by atoms with Crippen LogP contribution in [0, 0.1) is 0 Å². The number of nitrogens with one attached hydrogen (secondary N) is 1. The Morgan fingerprint density at radius 3 is 2.50 bits per heavy atom. The highest BCUT2D eigenvalue weighted by Gasteiger charge is 2.15. The Labute approximate surface area is 183 Å². The zero-order valence-electron chi connectivity index (χ0n) is 16.1. The molecule has 0 spiro atoms. The molecule has 2 N–H and O–H groups in total. The predicted molar refractivity (Wildman–Crippen MR) is 117 cm³/mol. The molecule has 0 radical (unpaired) electrons. The topological polar surface area (TPSA) is 88.5 Å².